The minimum absolute atomic E-state index is 0.00729. The number of fused-ring (bicyclic) bond motifs is 2. The fourth-order valence-electron chi connectivity index (χ4n) is 6.15. The van der Waals surface area contributed by atoms with Gasteiger partial charge in [-0.1, -0.05) is 25.1 Å². The molecular weight excluding hydrogens is 500 g/mol. The Balaban J connectivity index is 1.36. The maximum atomic E-state index is 12.2. The summed E-state index contributed by atoms with van der Waals surface area (Å²) in [5.74, 6) is 2.43. The number of anilines is 2. The van der Waals surface area contributed by atoms with Crippen molar-refractivity contribution in [1.82, 2.24) is 30.0 Å². The van der Waals surface area contributed by atoms with Crippen LogP contribution in [0.2, 0.25) is 5.02 Å². The number of rotatable bonds is 5. The first kappa shape index (κ1) is 25.1. The number of piperazine rings is 1. The highest BCUT2D eigenvalue weighted by molar-refractivity contribution is 6.32. The molecule has 38 heavy (non-hydrogen) atoms. The lowest BCUT2D eigenvalue weighted by Gasteiger charge is -2.44. The van der Waals surface area contributed by atoms with Gasteiger partial charge in [-0.2, -0.15) is 10.1 Å². The number of aromatic nitrogens is 4. The summed E-state index contributed by atoms with van der Waals surface area (Å²) in [6.07, 6.45) is 4.98. The van der Waals surface area contributed by atoms with Crippen LogP contribution in [0.4, 0.5) is 11.8 Å². The van der Waals surface area contributed by atoms with E-state index in [4.69, 9.17) is 21.6 Å². The van der Waals surface area contributed by atoms with E-state index in [9.17, 15) is 4.79 Å². The maximum absolute atomic E-state index is 12.2. The van der Waals surface area contributed by atoms with E-state index in [2.05, 4.69) is 52.5 Å². The van der Waals surface area contributed by atoms with Gasteiger partial charge < -0.3 is 19.6 Å². The van der Waals surface area contributed by atoms with Crippen molar-refractivity contribution in [2.24, 2.45) is 5.92 Å². The number of nitrogens with zero attached hydrogens (tertiary/aromatic N) is 7. The second-order valence-corrected chi connectivity index (χ2v) is 11.5. The Kier molecular flexibility index (Phi) is 6.52. The predicted molar refractivity (Wildman–Crippen MR) is 151 cm³/mol. The summed E-state index contributed by atoms with van der Waals surface area (Å²) in [4.78, 5) is 31.3. The third-order valence-electron chi connectivity index (χ3n) is 8.61. The molecule has 1 aliphatic carbocycles. The highest BCUT2D eigenvalue weighted by Crippen LogP contribution is 2.44. The summed E-state index contributed by atoms with van der Waals surface area (Å²) in [6, 6.07) is 4.48. The summed E-state index contributed by atoms with van der Waals surface area (Å²) in [5, 5.41) is 9.25. The van der Waals surface area contributed by atoms with Crippen molar-refractivity contribution in [2.75, 3.05) is 63.2 Å². The van der Waals surface area contributed by atoms with Gasteiger partial charge in [0.2, 0.25) is 11.9 Å². The molecule has 0 radical (unpaired) electrons. The van der Waals surface area contributed by atoms with Crippen LogP contribution < -0.4 is 9.80 Å². The van der Waals surface area contributed by atoms with Crippen LogP contribution in [0.25, 0.3) is 10.9 Å². The van der Waals surface area contributed by atoms with E-state index in [0.717, 1.165) is 78.0 Å². The summed E-state index contributed by atoms with van der Waals surface area (Å²) in [5.41, 5.74) is 4.52. The van der Waals surface area contributed by atoms with Gasteiger partial charge in [-0.25, -0.2) is 4.98 Å². The van der Waals surface area contributed by atoms with Crippen molar-refractivity contribution in [3.8, 4) is 0 Å². The molecule has 0 bridgehead atoms. The topological polar surface area (TPSA) is 84.5 Å². The molecule has 0 spiro atoms. The van der Waals surface area contributed by atoms with Crippen LogP contribution in [0.1, 0.15) is 29.7 Å². The summed E-state index contributed by atoms with van der Waals surface area (Å²) in [6.45, 7) is 10.6. The largest absolute Gasteiger partial charge is 0.353 e. The number of nitrogens with one attached hydrogen (secondary N) is 1. The quantitative estimate of drug-likeness (QED) is 0.503. The minimum Gasteiger partial charge on any atom is -0.353 e. The Morgan fingerprint density at radius 3 is 2.61 bits per heavy atom. The van der Waals surface area contributed by atoms with Gasteiger partial charge in [-0.3, -0.25) is 9.89 Å². The first-order valence-electron chi connectivity index (χ1n) is 13.4. The van der Waals surface area contributed by atoms with E-state index < -0.39 is 0 Å². The predicted octanol–water partition coefficient (Wildman–Crippen LogP) is 3.11. The molecule has 1 amide bonds. The number of H-pyrrole nitrogens is 1. The summed E-state index contributed by atoms with van der Waals surface area (Å²) < 4.78 is 0. The molecule has 2 saturated heterocycles. The van der Waals surface area contributed by atoms with Crippen molar-refractivity contribution < 1.29 is 4.79 Å². The van der Waals surface area contributed by atoms with E-state index in [1.54, 1.807) is 0 Å². The van der Waals surface area contributed by atoms with E-state index in [1.807, 2.05) is 23.2 Å². The highest BCUT2D eigenvalue weighted by Gasteiger charge is 2.37. The molecule has 4 heterocycles. The molecule has 9 nitrogen and oxygen atoms in total. The number of carbonyl (C=O) groups excluding carboxylic acids is 1. The Bertz CT molecular complexity index is 1370. The molecule has 2 atom stereocenters. The van der Waals surface area contributed by atoms with Crippen LogP contribution >= 0.6 is 11.6 Å². The molecule has 200 valence electrons. The van der Waals surface area contributed by atoms with Gasteiger partial charge in [0.05, 0.1) is 17.4 Å². The second-order valence-electron chi connectivity index (χ2n) is 11.1. The Morgan fingerprint density at radius 1 is 1.13 bits per heavy atom. The van der Waals surface area contributed by atoms with Gasteiger partial charge in [0.1, 0.15) is 5.82 Å². The van der Waals surface area contributed by atoms with Gasteiger partial charge in [0, 0.05) is 61.3 Å². The number of halogens is 1. The lowest BCUT2D eigenvalue weighted by Crippen LogP contribution is -2.58. The average molecular weight is 535 g/mol. The molecule has 0 saturated carbocycles. The molecule has 2 aliphatic heterocycles. The van der Waals surface area contributed by atoms with Gasteiger partial charge in [-0.15, -0.1) is 0 Å². The fraction of sp³-hybridized carbons (Fsp3) is 0.500. The van der Waals surface area contributed by atoms with Gasteiger partial charge >= 0.3 is 0 Å². The maximum Gasteiger partial charge on any atom is 0.246 e. The molecule has 3 aliphatic rings. The van der Waals surface area contributed by atoms with E-state index in [-0.39, 0.29) is 11.8 Å². The number of likely N-dealkylation sites (N-methyl/N-ethyl adjacent to an activating group) is 1. The van der Waals surface area contributed by atoms with Gasteiger partial charge in [0.15, 0.2) is 0 Å². The molecule has 2 fully saturated rings. The van der Waals surface area contributed by atoms with Crippen LogP contribution in [0.15, 0.2) is 31.0 Å². The van der Waals surface area contributed by atoms with Crippen LogP contribution in [0.3, 0.4) is 0 Å². The number of hydrogen-bond donors (Lipinski definition) is 1. The zero-order valence-corrected chi connectivity index (χ0v) is 23.1. The molecule has 3 aromatic rings. The molecule has 6 rings (SSSR count). The first-order valence-corrected chi connectivity index (χ1v) is 13.8. The molecule has 10 heteroatoms. The molecule has 2 aromatic heterocycles. The van der Waals surface area contributed by atoms with Gasteiger partial charge in [-0.05, 0) is 62.5 Å². The zero-order valence-electron chi connectivity index (χ0n) is 22.3. The number of hydrogen-bond acceptors (Lipinski definition) is 7. The second kappa shape index (κ2) is 9.85. The van der Waals surface area contributed by atoms with Crippen LogP contribution in [0, 0.1) is 5.92 Å². The number of aromatic amines is 1. The standard InChI is InChI=1S/C28H35ClN8O/c1-5-25(38)35-8-10-36(11-9-35)27-20-12-17(2)19(26-21-14-30-33-23(21)7-6-22(26)29)13-24(20)31-28(32-27)37-15-18(16-37)34(3)4/h5-7,14,17-19H,1,8-13,15-16H2,2-4H3,(H,30,33)/t17-,19-/m1/s1. The van der Waals surface area contributed by atoms with Crippen LogP contribution in [-0.4, -0.2) is 95.3 Å². The zero-order chi connectivity index (χ0) is 26.6. The lowest BCUT2D eigenvalue weighted by molar-refractivity contribution is -0.126. The van der Waals surface area contributed by atoms with Crippen LogP contribution in [0.5, 0.6) is 0 Å². The molecular formula is C28H35ClN8O. The first-order chi connectivity index (χ1) is 18.3. The van der Waals surface area contributed by atoms with Crippen molar-refractivity contribution in [1.29, 1.82) is 0 Å². The average Bonchev–Trinajstić information content (AvgIpc) is 3.36. The number of benzene rings is 1. The smallest absolute Gasteiger partial charge is 0.246 e. The van der Waals surface area contributed by atoms with E-state index >= 15 is 0 Å². The Labute approximate surface area is 228 Å². The van der Waals surface area contributed by atoms with Crippen molar-refractivity contribution in [3.63, 3.8) is 0 Å². The minimum atomic E-state index is -0.00729. The molecule has 0 unspecified atom stereocenters. The highest BCUT2D eigenvalue weighted by atomic mass is 35.5. The normalized spacial score (nSPS) is 22.1. The number of amides is 1. The van der Waals surface area contributed by atoms with E-state index in [1.165, 1.54) is 11.6 Å². The third-order valence-corrected chi connectivity index (χ3v) is 8.94. The van der Waals surface area contributed by atoms with Crippen molar-refractivity contribution >= 4 is 40.2 Å². The van der Waals surface area contributed by atoms with Crippen molar-refractivity contribution in [2.45, 2.75) is 31.7 Å². The molecule has 1 aromatic carbocycles. The van der Waals surface area contributed by atoms with Crippen molar-refractivity contribution in [3.05, 3.63) is 52.8 Å². The monoisotopic (exact) mass is 534 g/mol. The number of carbonyl (C=O) groups is 1. The summed E-state index contributed by atoms with van der Waals surface area (Å²) in [7, 11) is 4.24. The Morgan fingerprint density at radius 2 is 1.89 bits per heavy atom. The lowest BCUT2D eigenvalue weighted by atomic mass is 9.74. The van der Waals surface area contributed by atoms with Crippen LogP contribution in [-0.2, 0) is 17.6 Å². The molecule has 1 N–H and O–H groups in total. The third kappa shape index (κ3) is 4.31. The SMILES string of the molecule is C=CC(=O)N1CCN(c2nc(N3CC(N(C)C)C3)nc3c2C[C@@H](C)[C@H](c2c(Cl)ccc4[nH]ncc24)C3)CC1. The fourth-order valence-corrected chi connectivity index (χ4v) is 6.45. The summed E-state index contributed by atoms with van der Waals surface area (Å²) >= 11 is 6.81. The van der Waals surface area contributed by atoms with E-state index in [0.29, 0.717) is 25.0 Å². The Hall–Kier alpha value is -3.17. The van der Waals surface area contributed by atoms with Gasteiger partial charge in [0.25, 0.3) is 0 Å².